The van der Waals surface area contributed by atoms with Crippen molar-refractivity contribution in [2.24, 2.45) is 0 Å². The lowest BCUT2D eigenvalue weighted by molar-refractivity contribution is 0.0618. The topological polar surface area (TPSA) is 38.3 Å². The van der Waals surface area contributed by atoms with Crippen LogP contribution in [0.2, 0.25) is 0 Å². The van der Waals surface area contributed by atoms with Crippen LogP contribution in [-0.4, -0.2) is 17.3 Å². The Morgan fingerprint density at radius 2 is 2.04 bits per heavy atom. The molecule has 1 heterocycles. The Bertz CT molecular complexity index is 785. The van der Waals surface area contributed by atoms with Crippen LogP contribution in [0.4, 0.5) is 0 Å². The summed E-state index contributed by atoms with van der Waals surface area (Å²) in [5.41, 5.74) is 2.65. The zero-order valence-corrected chi connectivity index (χ0v) is 16.1. The molecule has 1 amide bonds. The van der Waals surface area contributed by atoms with Gasteiger partial charge in [-0.05, 0) is 50.3 Å². The number of carbonyl (C=O) groups is 1. The summed E-state index contributed by atoms with van der Waals surface area (Å²) < 4.78 is 6.12. The van der Waals surface area contributed by atoms with Gasteiger partial charge in [0.2, 0.25) is 0 Å². The lowest BCUT2D eigenvalue weighted by atomic mass is 9.89. The molecule has 0 aromatic heterocycles. The summed E-state index contributed by atoms with van der Waals surface area (Å²) in [5, 5.41) is 3.23. The zero-order valence-electron chi connectivity index (χ0n) is 15.3. The van der Waals surface area contributed by atoms with Crippen molar-refractivity contribution in [3.05, 3.63) is 59.2 Å². The highest BCUT2D eigenvalue weighted by Gasteiger charge is 2.34. The minimum Gasteiger partial charge on any atom is -0.487 e. The first-order chi connectivity index (χ1) is 11.9. The fraction of sp³-hybridized carbons (Fsp3) is 0.381. The maximum absolute atomic E-state index is 12.9. The number of thioether (sulfide) groups is 1. The molecule has 0 aliphatic carbocycles. The average Bonchev–Trinajstić information content (AvgIpc) is 2.54. The molecule has 0 spiro atoms. The number of fused-ring (bicyclic) bond motifs is 1. The molecular formula is C21H25NO2S. The van der Waals surface area contributed by atoms with Crippen molar-refractivity contribution in [3.63, 3.8) is 0 Å². The number of aryl methyl sites for hydroxylation is 1. The molecule has 3 rings (SSSR count). The van der Waals surface area contributed by atoms with Gasteiger partial charge in [0.25, 0.3) is 5.91 Å². The van der Waals surface area contributed by atoms with Gasteiger partial charge in [0.05, 0.1) is 11.6 Å². The Balaban J connectivity index is 1.89. The summed E-state index contributed by atoms with van der Waals surface area (Å²) in [6, 6.07) is 13.9. The Morgan fingerprint density at radius 1 is 1.28 bits per heavy atom. The fourth-order valence-electron chi connectivity index (χ4n) is 3.26. The van der Waals surface area contributed by atoms with E-state index in [0.717, 1.165) is 39.5 Å². The average molecular weight is 356 g/mol. The van der Waals surface area contributed by atoms with Crippen molar-refractivity contribution < 1.29 is 9.53 Å². The van der Waals surface area contributed by atoms with Gasteiger partial charge in [-0.15, -0.1) is 11.8 Å². The molecular weight excluding hydrogens is 330 g/mol. The van der Waals surface area contributed by atoms with E-state index in [2.05, 4.69) is 51.2 Å². The lowest BCUT2D eigenvalue weighted by Crippen LogP contribution is -2.41. The van der Waals surface area contributed by atoms with Gasteiger partial charge in [0.15, 0.2) is 0 Å². The molecule has 25 heavy (non-hydrogen) atoms. The number of amides is 1. The Hall–Kier alpha value is -1.94. The zero-order chi connectivity index (χ0) is 18.0. The molecule has 2 aromatic carbocycles. The van der Waals surface area contributed by atoms with Crippen molar-refractivity contribution in [2.75, 3.05) is 5.75 Å². The van der Waals surface area contributed by atoms with Crippen LogP contribution in [-0.2, 0) is 0 Å². The minimum atomic E-state index is -0.309. The molecule has 0 bridgehead atoms. The number of nitrogens with one attached hydrogen (secondary N) is 1. The monoisotopic (exact) mass is 355 g/mol. The summed E-state index contributed by atoms with van der Waals surface area (Å²) >= 11 is 1.69. The highest BCUT2D eigenvalue weighted by Crippen LogP contribution is 2.40. The van der Waals surface area contributed by atoms with Crippen LogP contribution in [0.25, 0.3) is 0 Å². The van der Waals surface area contributed by atoms with Crippen LogP contribution >= 0.6 is 11.8 Å². The van der Waals surface area contributed by atoms with Gasteiger partial charge in [-0.2, -0.15) is 0 Å². The van der Waals surface area contributed by atoms with E-state index in [9.17, 15) is 4.79 Å². The summed E-state index contributed by atoms with van der Waals surface area (Å²) in [6.07, 6.45) is 0.748. The molecule has 0 radical (unpaired) electrons. The summed E-state index contributed by atoms with van der Waals surface area (Å²) in [5.74, 6) is 1.79. The second-order valence-corrected chi connectivity index (χ2v) is 8.37. The number of hydrogen-bond donors (Lipinski definition) is 1. The summed E-state index contributed by atoms with van der Waals surface area (Å²) in [7, 11) is 0. The quantitative estimate of drug-likeness (QED) is 0.772. The maximum atomic E-state index is 12.9. The van der Waals surface area contributed by atoms with E-state index < -0.39 is 0 Å². The molecule has 3 nitrogen and oxygen atoms in total. The molecule has 1 aliphatic rings. The standard InChI is InChI=1S/C21H25NO2S/c1-5-25-19-9-7-6-8-16(19)20(23)22-17-13-21(3,4)24-18-12-14(2)10-11-15(17)18/h6-12,17H,5,13H2,1-4H3,(H,22,23)/t17-/m1/s1. The third-order valence-corrected chi connectivity index (χ3v) is 5.32. The molecule has 0 saturated carbocycles. The Labute approximate surface area is 154 Å². The van der Waals surface area contributed by atoms with Gasteiger partial charge in [-0.1, -0.05) is 31.2 Å². The molecule has 1 N–H and O–H groups in total. The van der Waals surface area contributed by atoms with Crippen molar-refractivity contribution in [2.45, 2.75) is 50.7 Å². The van der Waals surface area contributed by atoms with Crippen LogP contribution in [0.5, 0.6) is 5.75 Å². The Morgan fingerprint density at radius 3 is 2.80 bits per heavy atom. The second-order valence-electron chi connectivity index (χ2n) is 7.06. The number of ether oxygens (including phenoxy) is 1. The number of rotatable bonds is 4. The molecule has 132 valence electrons. The molecule has 2 aromatic rings. The largest absolute Gasteiger partial charge is 0.487 e. The van der Waals surface area contributed by atoms with Crippen LogP contribution < -0.4 is 10.1 Å². The van der Waals surface area contributed by atoms with E-state index in [-0.39, 0.29) is 17.6 Å². The van der Waals surface area contributed by atoms with Crippen LogP contribution in [0, 0.1) is 6.92 Å². The van der Waals surface area contributed by atoms with E-state index in [0.29, 0.717) is 0 Å². The van der Waals surface area contributed by atoms with E-state index in [1.54, 1.807) is 11.8 Å². The van der Waals surface area contributed by atoms with Crippen LogP contribution in [0.15, 0.2) is 47.4 Å². The van der Waals surface area contributed by atoms with Crippen molar-refractivity contribution in [3.8, 4) is 5.75 Å². The molecule has 4 heteroatoms. The SMILES string of the molecule is CCSc1ccccc1C(=O)N[C@@H]1CC(C)(C)Oc2cc(C)ccc21. The van der Waals surface area contributed by atoms with Gasteiger partial charge >= 0.3 is 0 Å². The number of carbonyl (C=O) groups excluding carboxylic acids is 1. The third-order valence-electron chi connectivity index (χ3n) is 4.36. The molecule has 0 saturated heterocycles. The molecule has 0 fully saturated rings. The highest BCUT2D eigenvalue weighted by atomic mass is 32.2. The van der Waals surface area contributed by atoms with Gasteiger partial charge in [-0.3, -0.25) is 4.79 Å². The number of hydrogen-bond acceptors (Lipinski definition) is 3. The second kappa shape index (κ2) is 7.12. The first kappa shape index (κ1) is 17.9. The van der Waals surface area contributed by atoms with E-state index in [1.807, 2.05) is 24.3 Å². The summed E-state index contributed by atoms with van der Waals surface area (Å²) in [6.45, 7) is 8.28. The summed E-state index contributed by atoms with van der Waals surface area (Å²) in [4.78, 5) is 14.0. The van der Waals surface area contributed by atoms with Crippen LogP contribution in [0.3, 0.4) is 0 Å². The third kappa shape index (κ3) is 4.01. The minimum absolute atomic E-state index is 0.0224. The molecule has 1 aliphatic heterocycles. The molecule has 1 atom stereocenters. The highest BCUT2D eigenvalue weighted by molar-refractivity contribution is 7.99. The smallest absolute Gasteiger partial charge is 0.252 e. The van der Waals surface area contributed by atoms with E-state index >= 15 is 0 Å². The maximum Gasteiger partial charge on any atom is 0.252 e. The van der Waals surface area contributed by atoms with Crippen molar-refractivity contribution >= 4 is 17.7 Å². The normalized spacial score (nSPS) is 18.2. The van der Waals surface area contributed by atoms with E-state index in [1.165, 1.54) is 0 Å². The lowest BCUT2D eigenvalue weighted by Gasteiger charge is -2.38. The van der Waals surface area contributed by atoms with Gasteiger partial charge in [-0.25, -0.2) is 0 Å². The number of benzene rings is 2. The van der Waals surface area contributed by atoms with Gasteiger partial charge < -0.3 is 10.1 Å². The first-order valence-electron chi connectivity index (χ1n) is 8.72. The predicted octanol–water partition coefficient (Wildman–Crippen LogP) is 5.14. The van der Waals surface area contributed by atoms with Gasteiger partial charge in [0, 0.05) is 16.9 Å². The fourth-order valence-corrected chi connectivity index (χ4v) is 4.06. The van der Waals surface area contributed by atoms with Gasteiger partial charge in [0.1, 0.15) is 11.4 Å². The van der Waals surface area contributed by atoms with Crippen LogP contribution in [0.1, 0.15) is 54.7 Å². The Kier molecular flexibility index (Phi) is 5.09. The predicted molar refractivity (Wildman–Crippen MR) is 104 cm³/mol. The molecule has 0 unspecified atom stereocenters. The first-order valence-corrected chi connectivity index (χ1v) is 9.70. The van der Waals surface area contributed by atoms with Crippen molar-refractivity contribution in [1.29, 1.82) is 0 Å². The van der Waals surface area contributed by atoms with Crippen molar-refractivity contribution in [1.82, 2.24) is 5.32 Å². The van der Waals surface area contributed by atoms with E-state index in [4.69, 9.17) is 4.74 Å².